The lowest BCUT2D eigenvalue weighted by Crippen LogP contribution is -2.42. The quantitative estimate of drug-likeness (QED) is 0.725. The maximum Gasteiger partial charge on any atom is 0.230 e. The molecule has 0 unspecified atom stereocenters. The molecular weight excluding hydrogens is 264 g/mol. The molecule has 4 heteroatoms. The topological polar surface area (TPSA) is 75.4 Å². The fraction of sp³-hybridized carbons (Fsp3) is 0.588. The highest BCUT2D eigenvalue weighted by Crippen LogP contribution is 2.48. The summed E-state index contributed by atoms with van der Waals surface area (Å²) in [5, 5.41) is 12.7. The van der Waals surface area contributed by atoms with Gasteiger partial charge in [-0.2, -0.15) is 0 Å². The van der Waals surface area contributed by atoms with Gasteiger partial charge in [-0.15, -0.1) is 0 Å². The van der Waals surface area contributed by atoms with Crippen LogP contribution in [0.2, 0.25) is 0 Å². The van der Waals surface area contributed by atoms with Crippen LogP contribution in [0.5, 0.6) is 0 Å². The minimum absolute atomic E-state index is 0.0904. The van der Waals surface area contributed by atoms with E-state index in [-0.39, 0.29) is 23.3 Å². The van der Waals surface area contributed by atoms with E-state index >= 15 is 0 Å². The molecule has 0 bridgehead atoms. The van der Waals surface area contributed by atoms with Gasteiger partial charge in [-0.25, -0.2) is 0 Å². The van der Waals surface area contributed by atoms with Crippen LogP contribution in [-0.4, -0.2) is 24.2 Å². The van der Waals surface area contributed by atoms with E-state index in [1.54, 1.807) is 0 Å². The number of benzene rings is 1. The van der Waals surface area contributed by atoms with Crippen LogP contribution >= 0.6 is 0 Å². The van der Waals surface area contributed by atoms with Crippen molar-refractivity contribution in [2.75, 3.05) is 18.9 Å². The summed E-state index contributed by atoms with van der Waals surface area (Å²) in [5.74, 6) is 0.104. The number of nitrogens with one attached hydrogen (secondary N) is 1. The Balaban J connectivity index is 1.66. The summed E-state index contributed by atoms with van der Waals surface area (Å²) in [6.07, 6.45) is 6.13. The maximum absolute atomic E-state index is 12.6. The molecule has 2 aliphatic rings. The number of aliphatic hydroxyl groups is 1. The largest absolute Gasteiger partial charge is 0.399 e. The van der Waals surface area contributed by atoms with Crippen molar-refractivity contribution in [1.82, 2.24) is 5.32 Å². The van der Waals surface area contributed by atoms with E-state index in [0.29, 0.717) is 6.54 Å². The number of amides is 1. The molecule has 1 aromatic carbocycles. The first-order valence-electron chi connectivity index (χ1n) is 7.86. The Hall–Kier alpha value is -1.55. The average Bonchev–Trinajstić information content (AvgIpc) is 3.18. The van der Waals surface area contributed by atoms with Crippen LogP contribution in [0.3, 0.4) is 0 Å². The first kappa shape index (κ1) is 14.4. The van der Waals surface area contributed by atoms with E-state index in [9.17, 15) is 9.90 Å². The third-order valence-electron chi connectivity index (χ3n) is 5.27. The van der Waals surface area contributed by atoms with Gasteiger partial charge in [0, 0.05) is 17.6 Å². The molecule has 2 saturated carbocycles. The summed E-state index contributed by atoms with van der Waals surface area (Å²) in [4.78, 5) is 12.6. The number of nitrogens with two attached hydrogens (primary N) is 1. The molecule has 0 radical (unpaired) electrons. The Morgan fingerprint density at radius 2 is 1.76 bits per heavy atom. The molecule has 3 rings (SSSR count). The minimum atomic E-state index is -0.358. The van der Waals surface area contributed by atoms with Crippen LogP contribution in [0, 0.1) is 5.41 Å². The van der Waals surface area contributed by atoms with E-state index in [2.05, 4.69) is 5.32 Å². The summed E-state index contributed by atoms with van der Waals surface area (Å²) < 4.78 is 0. The molecule has 21 heavy (non-hydrogen) atoms. The number of carbonyl (C=O) groups is 1. The van der Waals surface area contributed by atoms with Crippen molar-refractivity contribution in [1.29, 1.82) is 0 Å². The first-order chi connectivity index (χ1) is 10.1. The van der Waals surface area contributed by atoms with E-state index in [0.717, 1.165) is 49.8 Å². The van der Waals surface area contributed by atoms with Crippen molar-refractivity contribution in [2.45, 2.75) is 43.9 Å². The number of nitrogen functional groups attached to an aromatic ring is 1. The van der Waals surface area contributed by atoms with Crippen molar-refractivity contribution in [3.63, 3.8) is 0 Å². The van der Waals surface area contributed by atoms with Gasteiger partial charge in [-0.3, -0.25) is 4.79 Å². The van der Waals surface area contributed by atoms with Gasteiger partial charge in [-0.1, -0.05) is 25.0 Å². The summed E-state index contributed by atoms with van der Waals surface area (Å²) in [5.41, 5.74) is 7.04. The summed E-state index contributed by atoms with van der Waals surface area (Å²) >= 11 is 0. The molecule has 2 aliphatic carbocycles. The molecule has 0 atom stereocenters. The van der Waals surface area contributed by atoms with E-state index < -0.39 is 0 Å². The smallest absolute Gasteiger partial charge is 0.230 e. The number of anilines is 1. The Bertz CT molecular complexity index is 514. The maximum atomic E-state index is 12.6. The van der Waals surface area contributed by atoms with Crippen LogP contribution in [0.25, 0.3) is 0 Å². The Labute approximate surface area is 125 Å². The molecule has 4 nitrogen and oxygen atoms in total. The van der Waals surface area contributed by atoms with Crippen molar-refractivity contribution < 1.29 is 9.90 Å². The van der Waals surface area contributed by atoms with Gasteiger partial charge in [0.1, 0.15) is 0 Å². The van der Waals surface area contributed by atoms with Gasteiger partial charge < -0.3 is 16.2 Å². The fourth-order valence-corrected chi connectivity index (χ4v) is 3.53. The predicted molar refractivity (Wildman–Crippen MR) is 82.8 cm³/mol. The predicted octanol–water partition coefficient (Wildman–Crippen LogP) is 1.97. The number of hydrogen-bond donors (Lipinski definition) is 3. The number of carbonyl (C=O) groups excluding carboxylic acids is 1. The van der Waals surface area contributed by atoms with Crippen molar-refractivity contribution >= 4 is 11.6 Å². The molecule has 0 saturated heterocycles. The normalized spacial score (nSPS) is 22.0. The van der Waals surface area contributed by atoms with Crippen LogP contribution in [0.1, 0.15) is 44.1 Å². The summed E-state index contributed by atoms with van der Waals surface area (Å²) in [7, 11) is 0. The van der Waals surface area contributed by atoms with Gasteiger partial charge in [0.25, 0.3) is 0 Å². The highest BCUT2D eigenvalue weighted by molar-refractivity contribution is 5.91. The number of rotatable bonds is 5. The van der Waals surface area contributed by atoms with Gasteiger partial charge >= 0.3 is 0 Å². The third-order valence-corrected chi connectivity index (χ3v) is 5.27. The van der Waals surface area contributed by atoms with Gasteiger partial charge in [0.15, 0.2) is 0 Å². The van der Waals surface area contributed by atoms with E-state index in [1.807, 2.05) is 24.3 Å². The van der Waals surface area contributed by atoms with Crippen LogP contribution in [0.15, 0.2) is 24.3 Å². The van der Waals surface area contributed by atoms with Crippen LogP contribution < -0.4 is 11.1 Å². The first-order valence-corrected chi connectivity index (χ1v) is 7.86. The second-order valence-electron chi connectivity index (χ2n) is 6.75. The Morgan fingerprint density at radius 3 is 2.29 bits per heavy atom. The monoisotopic (exact) mass is 288 g/mol. The third kappa shape index (κ3) is 2.64. The van der Waals surface area contributed by atoms with Gasteiger partial charge in [-0.05, 0) is 43.4 Å². The van der Waals surface area contributed by atoms with E-state index in [4.69, 9.17) is 5.73 Å². The number of aliphatic hydroxyl groups excluding tert-OH is 1. The van der Waals surface area contributed by atoms with Crippen molar-refractivity contribution in [2.24, 2.45) is 5.41 Å². The van der Waals surface area contributed by atoms with Gasteiger partial charge in [0.05, 0.1) is 12.0 Å². The molecule has 0 heterocycles. The SMILES string of the molecule is Nc1ccc(C2(C(=O)NCC3(CO)CCCC3)CC2)cc1. The lowest BCUT2D eigenvalue weighted by Gasteiger charge is -2.28. The van der Waals surface area contributed by atoms with Gasteiger partial charge in [0.2, 0.25) is 5.91 Å². The Kier molecular flexibility index (Phi) is 3.66. The zero-order valence-electron chi connectivity index (χ0n) is 12.4. The zero-order valence-corrected chi connectivity index (χ0v) is 12.4. The lowest BCUT2D eigenvalue weighted by atomic mass is 9.86. The second kappa shape index (κ2) is 5.34. The molecule has 1 amide bonds. The standard InChI is InChI=1S/C17H24N2O2/c18-14-5-3-13(4-6-14)17(9-10-17)15(21)19-11-16(12-20)7-1-2-8-16/h3-6,20H,1-2,7-12,18H2,(H,19,21). The van der Waals surface area contributed by atoms with Crippen molar-refractivity contribution in [3.8, 4) is 0 Å². The van der Waals surface area contributed by atoms with Crippen LogP contribution in [0.4, 0.5) is 5.69 Å². The molecule has 2 fully saturated rings. The molecule has 1 aromatic rings. The molecule has 114 valence electrons. The highest BCUT2D eigenvalue weighted by Gasteiger charge is 2.51. The number of hydrogen-bond acceptors (Lipinski definition) is 3. The fourth-order valence-electron chi connectivity index (χ4n) is 3.53. The average molecular weight is 288 g/mol. The van der Waals surface area contributed by atoms with E-state index in [1.165, 1.54) is 0 Å². The second-order valence-corrected chi connectivity index (χ2v) is 6.75. The molecular formula is C17H24N2O2. The zero-order chi connectivity index (χ0) is 14.9. The molecule has 4 N–H and O–H groups in total. The molecule has 0 spiro atoms. The Morgan fingerprint density at radius 1 is 1.14 bits per heavy atom. The molecule has 0 aliphatic heterocycles. The highest BCUT2D eigenvalue weighted by atomic mass is 16.3. The van der Waals surface area contributed by atoms with Crippen molar-refractivity contribution in [3.05, 3.63) is 29.8 Å². The summed E-state index contributed by atoms with van der Waals surface area (Å²) in [6.45, 7) is 0.765. The van der Waals surface area contributed by atoms with Crippen LogP contribution in [-0.2, 0) is 10.2 Å². The minimum Gasteiger partial charge on any atom is -0.399 e. The summed E-state index contributed by atoms with van der Waals surface area (Å²) in [6, 6.07) is 7.63. The molecule has 0 aromatic heterocycles. The lowest BCUT2D eigenvalue weighted by molar-refractivity contribution is -0.124.